The van der Waals surface area contributed by atoms with E-state index in [0.717, 1.165) is 40.9 Å². The summed E-state index contributed by atoms with van der Waals surface area (Å²) in [6.45, 7) is 6.86. The average Bonchev–Trinajstić information content (AvgIpc) is 1.50. The first-order chi connectivity index (χ1) is 61.0. The Labute approximate surface area is 723 Å². The van der Waals surface area contributed by atoms with Crippen molar-refractivity contribution in [2.75, 3.05) is 0 Å². The van der Waals surface area contributed by atoms with Crippen LogP contribution in [0, 0.1) is 47.3 Å². The third-order valence-electron chi connectivity index (χ3n) is 32.6. The van der Waals surface area contributed by atoms with Crippen LogP contribution in [-0.2, 0) is 21.7 Å². The minimum Gasteiger partial charge on any atom is -0.264 e. The maximum absolute atomic E-state index is 8.86. The van der Waals surface area contributed by atoms with E-state index in [1.807, 2.05) is 18.5 Å². The first-order valence-corrected chi connectivity index (χ1v) is 45.8. The first-order valence-electron chi connectivity index (χ1n) is 46.3. The Morgan fingerprint density at radius 2 is 0.642 bits per heavy atom. The Balaban J connectivity index is 0.000000139. The molecule has 1 aromatic heterocycles. The van der Waals surface area contributed by atoms with Crippen LogP contribution in [0.2, 0.25) is 0 Å². The lowest BCUT2D eigenvalue weighted by Crippen LogP contribution is -2.55. The Morgan fingerprint density at radius 3 is 1.18 bits per heavy atom. The smallest absolute Gasteiger partial charge is 0.0713 e. The minimum absolute atomic E-state index is 0.0314. The van der Waals surface area contributed by atoms with Crippen molar-refractivity contribution in [1.29, 1.82) is 0 Å². The molecule has 1 heterocycles. The third-order valence-corrected chi connectivity index (χ3v) is 32.6. The maximum Gasteiger partial charge on any atom is 0.0713 e. The molecule has 0 amide bonds. The number of fused-ring (bicyclic) bond motifs is 14. The van der Waals surface area contributed by atoms with Crippen LogP contribution >= 0.6 is 0 Å². The molecule has 18 aromatic rings. The second-order valence-electron chi connectivity index (χ2n) is 39.3. The van der Waals surface area contributed by atoms with Crippen LogP contribution in [0.25, 0.3) is 154 Å². The molecule has 590 valence electrons. The molecule has 8 fully saturated rings. The van der Waals surface area contributed by atoms with Gasteiger partial charge < -0.3 is 0 Å². The maximum atomic E-state index is 8.86. The van der Waals surface area contributed by atoms with Gasteiger partial charge in [0.05, 0.1) is 6.79 Å². The van der Waals surface area contributed by atoms with E-state index in [1.165, 1.54) is 246 Å². The van der Waals surface area contributed by atoms with Crippen LogP contribution in [0.1, 0.15) is 136 Å². The zero-order valence-corrected chi connectivity index (χ0v) is 70.2. The summed E-state index contributed by atoms with van der Waals surface area (Å²) >= 11 is 0. The number of pyridine rings is 1. The number of aromatic nitrogens is 1. The molecular formula is C122H97N. The molecule has 0 radical (unpaired) electrons. The van der Waals surface area contributed by atoms with Gasteiger partial charge in [0.25, 0.3) is 0 Å². The van der Waals surface area contributed by atoms with E-state index in [4.69, 9.17) is 1.37 Å². The van der Waals surface area contributed by atoms with Gasteiger partial charge in [-0.25, -0.2) is 0 Å². The number of hydrogen-bond acceptors (Lipinski definition) is 1. The van der Waals surface area contributed by atoms with E-state index in [0.29, 0.717) is 17.9 Å². The van der Waals surface area contributed by atoms with E-state index in [-0.39, 0.29) is 16.2 Å². The number of hydrogen-bond donors (Lipinski definition) is 0. The van der Waals surface area contributed by atoms with E-state index in [9.17, 15) is 0 Å². The van der Waals surface area contributed by atoms with Gasteiger partial charge in [-0.1, -0.05) is 342 Å². The number of rotatable bonds is 8. The molecule has 0 unspecified atom stereocenters. The van der Waals surface area contributed by atoms with Gasteiger partial charge >= 0.3 is 0 Å². The van der Waals surface area contributed by atoms with Crippen molar-refractivity contribution in [3.05, 3.63) is 414 Å². The summed E-state index contributed by atoms with van der Waals surface area (Å²) in [6.07, 6.45) is 17.7. The number of benzene rings is 17. The fraction of sp³-hybridized carbons (Fsp3) is 0.205. The zero-order valence-electron chi connectivity index (χ0n) is 71.2. The lowest BCUT2D eigenvalue weighted by molar-refractivity contribution is -0.0399. The molecule has 29 rings (SSSR count). The van der Waals surface area contributed by atoms with Crippen molar-refractivity contribution in [1.82, 2.24) is 4.98 Å². The standard InChI is InChI=1S/C70H51N.C52H46/c1-3-13-51(14-4-1)69(52-15-5-2-6-16-52)64-39-46(47-25-28-56-55-17-11-12-22-63(55)70(65(56)40-47)53-34-43-33-44(36-53)37-54(70)35-43)26-29-57(64)58-30-27-49(41-66(58)69)68-61-20-9-7-18-59(61)67(60-19-8-10-21-62(60)68)48-24-23-45-31-32-71-42-50(45)38-48;1-51(2,3)35-25-23-34(24-26-35)48-41-15-6-8-17-43(41)49(44-18-9-7-16-42(44)48)39-14-5-4-13-38(39)40-20-12-22-47-50(40)45-19-10-11-21-46(45)52(47)36-28-32-27-33(30-36)31-37(52)29-32/h1-32,38-44,53-54H,33-37H2;4-26,32-33,36-37H,27-31H2,1-3H3/i;11D. The van der Waals surface area contributed by atoms with Crippen LogP contribution in [0.15, 0.2) is 364 Å². The van der Waals surface area contributed by atoms with E-state index >= 15 is 0 Å². The fourth-order valence-electron chi connectivity index (χ4n) is 28.3. The predicted molar refractivity (Wildman–Crippen MR) is 513 cm³/mol. The Bertz CT molecular complexity index is 7290. The third kappa shape index (κ3) is 10.3. The van der Waals surface area contributed by atoms with Gasteiger partial charge in [0.1, 0.15) is 0 Å². The molecule has 0 saturated heterocycles. The normalized spacial score (nSPS) is 22.8. The summed E-state index contributed by atoms with van der Waals surface area (Å²) in [6, 6.07) is 133. The highest BCUT2D eigenvalue weighted by Crippen LogP contribution is 2.73. The van der Waals surface area contributed by atoms with Gasteiger partial charge in [0.2, 0.25) is 0 Å². The predicted octanol–water partition coefficient (Wildman–Crippen LogP) is 31.6. The van der Waals surface area contributed by atoms with Gasteiger partial charge in [-0.15, -0.1) is 0 Å². The van der Waals surface area contributed by atoms with Crippen molar-refractivity contribution >= 4 is 53.9 Å². The van der Waals surface area contributed by atoms with Crippen molar-refractivity contribution in [3.8, 4) is 100 Å². The molecule has 8 bridgehead atoms. The van der Waals surface area contributed by atoms with Crippen LogP contribution < -0.4 is 0 Å². The van der Waals surface area contributed by atoms with Crippen molar-refractivity contribution in [2.24, 2.45) is 47.3 Å². The monoisotopic (exact) mass is 1580 g/mol. The summed E-state index contributed by atoms with van der Waals surface area (Å²) in [7, 11) is 0. The molecule has 123 heavy (non-hydrogen) atoms. The molecule has 2 spiro atoms. The van der Waals surface area contributed by atoms with E-state index in [1.54, 1.807) is 16.7 Å². The van der Waals surface area contributed by atoms with Gasteiger partial charge in [0, 0.05) is 28.6 Å². The highest BCUT2D eigenvalue weighted by atomic mass is 14.7. The summed E-state index contributed by atoms with van der Waals surface area (Å²) < 4.78 is 8.86. The lowest BCUT2D eigenvalue weighted by Gasteiger charge is -2.61. The molecule has 0 N–H and O–H groups in total. The van der Waals surface area contributed by atoms with Crippen LogP contribution in [0.3, 0.4) is 0 Å². The Kier molecular flexibility index (Phi) is 15.6. The van der Waals surface area contributed by atoms with Gasteiger partial charge in [-0.05, 0) is 346 Å². The second-order valence-corrected chi connectivity index (χ2v) is 39.3. The van der Waals surface area contributed by atoms with Crippen molar-refractivity contribution in [2.45, 2.75) is 107 Å². The molecule has 0 aliphatic heterocycles. The van der Waals surface area contributed by atoms with E-state index in [2.05, 4.69) is 365 Å². The first kappa shape index (κ1) is 70.8. The summed E-state index contributed by atoms with van der Waals surface area (Å²) in [4.78, 5) is 4.49. The minimum atomic E-state index is -0.570. The molecule has 11 aliphatic carbocycles. The SMILES string of the molecule is [2H]c1ccc2c(c1)C1(c3cccc(-c4ccccc4-c4c5ccccc5c(-c5ccc(C(C)(C)C)cc5)c5ccccc45)c3-2)C2CC3CC(C2)CC1C3.c1ccc(C2(c3ccccc3)c3cc(-c4ccc5c(c4)C4(c6ccccc6-5)C5CC6CC(C5)CC4C6)ccc3-c3ccc(-c4c5ccccc5c(-c5ccc6ccncc6c5)c5ccccc45)cc32)cc1. The van der Waals surface area contributed by atoms with Gasteiger partial charge in [-0.2, -0.15) is 0 Å². The van der Waals surface area contributed by atoms with Gasteiger partial charge in [-0.3, -0.25) is 4.98 Å². The highest BCUT2D eigenvalue weighted by molar-refractivity contribution is 6.24. The van der Waals surface area contributed by atoms with Gasteiger partial charge in [0.15, 0.2) is 0 Å². The summed E-state index contributed by atoms with van der Waals surface area (Å²) in [5.74, 6) is 6.40. The molecule has 11 aliphatic rings. The highest BCUT2D eigenvalue weighted by Gasteiger charge is 2.64. The van der Waals surface area contributed by atoms with Crippen LogP contribution in [0.4, 0.5) is 0 Å². The zero-order chi connectivity index (χ0) is 82.1. The van der Waals surface area contributed by atoms with Crippen molar-refractivity contribution in [3.63, 3.8) is 0 Å². The Hall–Kier alpha value is -12.8. The molecule has 1 nitrogen and oxygen atoms in total. The molecule has 0 atom stereocenters. The average molecular weight is 1580 g/mol. The summed E-state index contributed by atoms with van der Waals surface area (Å²) in [5.41, 5.74) is 36.3. The molecule has 8 saturated carbocycles. The molecule has 17 aromatic carbocycles. The molecular weight excluding hydrogens is 1480 g/mol. The van der Waals surface area contributed by atoms with Crippen LogP contribution in [-0.4, -0.2) is 4.98 Å². The lowest BCUT2D eigenvalue weighted by atomic mass is 9.43. The largest absolute Gasteiger partial charge is 0.264 e. The topological polar surface area (TPSA) is 12.9 Å². The van der Waals surface area contributed by atoms with E-state index < -0.39 is 5.41 Å². The molecule has 1 heteroatoms. The number of nitrogens with zero attached hydrogens (tertiary/aromatic N) is 1. The Morgan fingerprint density at radius 1 is 0.260 bits per heavy atom. The second kappa shape index (κ2) is 27.1. The fourth-order valence-corrected chi connectivity index (χ4v) is 28.3. The van der Waals surface area contributed by atoms with Crippen LogP contribution in [0.5, 0.6) is 0 Å². The quantitative estimate of drug-likeness (QED) is 0.138. The van der Waals surface area contributed by atoms with Crippen molar-refractivity contribution < 1.29 is 1.37 Å². The summed E-state index contributed by atoms with van der Waals surface area (Å²) in [5, 5.41) is 12.5.